The number of rotatable bonds is 4. The topological polar surface area (TPSA) is 16.1 Å². The Morgan fingerprint density at radius 3 is 2.44 bits per heavy atom. The Balaban J connectivity index is 2.16. The number of nitrogens with zero attached hydrogens (tertiary/aromatic N) is 2. The molecule has 0 spiro atoms. The van der Waals surface area contributed by atoms with E-state index in [1.54, 1.807) is 0 Å². The molecule has 0 aliphatic heterocycles. The van der Waals surface area contributed by atoms with E-state index in [-0.39, 0.29) is 0 Å². The van der Waals surface area contributed by atoms with Crippen LogP contribution >= 0.6 is 31.9 Å². The Kier molecular flexibility index (Phi) is 4.78. The molecular formula is C14H14Br2N2. The standard InChI is InChI=1S/C14H14Br2N2/c1-18(10-11-4-6-17-7-5-11)14-3-2-12(9-15)8-13(14)16/h2-8H,9-10H2,1H3. The van der Waals surface area contributed by atoms with E-state index < -0.39 is 0 Å². The van der Waals surface area contributed by atoms with E-state index in [4.69, 9.17) is 0 Å². The second-order valence-corrected chi connectivity index (χ2v) is 5.55. The number of halogens is 2. The van der Waals surface area contributed by atoms with Gasteiger partial charge in [-0.05, 0) is 51.3 Å². The number of pyridine rings is 1. The highest BCUT2D eigenvalue weighted by molar-refractivity contribution is 9.10. The maximum atomic E-state index is 4.03. The van der Waals surface area contributed by atoms with Gasteiger partial charge in [0, 0.05) is 35.8 Å². The zero-order chi connectivity index (χ0) is 13.0. The maximum absolute atomic E-state index is 4.03. The summed E-state index contributed by atoms with van der Waals surface area (Å²) in [6, 6.07) is 10.5. The van der Waals surface area contributed by atoms with Crippen LogP contribution < -0.4 is 4.90 Å². The molecule has 2 aromatic rings. The molecule has 1 heterocycles. The molecule has 0 atom stereocenters. The van der Waals surface area contributed by atoms with E-state index in [0.717, 1.165) is 16.3 Å². The molecule has 1 aromatic heterocycles. The lowest BCUT2D eigenvalue weighted by atomic mass is 10.2. The monoisotopic (exact) mass is 368 g/mol. The Labute approximate surface area is 124 Å². The van der Waals surface area contributed by atoms with Crippen LogP contribution in [0.2, 0.25) is 0 Å². The third-order valence-corrected chi connectivity index (χ3v) is 4.03. The predicted octanol–water partition coefficient (Wildman–Crippen LogP) is 4.38. The minimum atomic E-state index is 0.870. The molecule has 0 amide bonds. The number of hydrogen-bond donors (Lipinski definition) is 0. The fourth-order valence-electron chi connectivity index (χ4n) is 1.79. The Bertz CT molecular complexity index is 514. The number of anilines is 1. The fraction of sp³-hybridized carbons (Fsp3) is 0.214. The molecule has 0 saturated heterocycles. The molecule has 0 fully saturated rings. The summed E-state index contributed by atoms with van der Waals surface area (Å²) in [5.41, 5.74) is 3.71. The third kappa shape index (κ3) is 3.33. The SMILES string of the molecule is CN(Cc1ccncc1)c1ccc(CBr)cc1Br. The van der Waals surface area contributed by atoms with Crippen LogP contribution in [0.15, 0.2) is 47.2 Å². The van der Waals surface area contributed by atoms with Gasteiger partial charge in [0.05, 0.1) is 5.69 Å². The first-order valence-electron chi connectivity index (χ1n) is 5.65. The molecule has 0 aliphatic rings. The highest BCUT2D eigenvalue weighted by atomic mass is 79.9. The van der Waals surface area contributed by atoms with Gasteiger partial charge >= 0.3 is 0 Å². The van der Waals surface area contributed by atoms with Crippen molar-refractivity contribution in [2.75, 3.05) is 11.9 Å². The van der Waals surface area contributed by atoms with Crippen molar-refractivity contribution in [3.63, 3.8) is 0 Å². The molecule has 0 radical (unpaired) electrons. The van der Waals surface area contributed by atoms with Crippen LogP contribution in [0.4, 0.5) is 5.69 Å². The van der Waals surface area contributed by atoms with Gasteiger partial charge in [-0.2, -0.15) is 0 Å². The van der Waals surface area contributed by atoms with E-state index in [1.807, 2.05) is 24.5 Å². The molecule has 1 aromatic carbocycles. The Hall–Kier alpha value is -0.870. The van der Waals surface area contributed by atoms with Crippen molar-refractivity contribution in [1.29, 1.82) is 0 Å². The smallest absolute Gasteiger partial charge is 0.0511 e. The van der Waals surface area contributed by atoms with Crippen molar-refractivity contribution in [3.05, 3.63) is 58.3 Å². The molecule has 0 saturated carbocycles. The van der Waals surface area contributed by atoms with Gasteiger partial charge in [-0.1, -0.05) is 22.0 Å². The average molecular weight is 370 g/mol. The minimum Gasteiger partial charge on any atom is -0.369 e. The van der Waals surface area contributed by atoms with Crippen molar-refractivity contribution in [3.8, 4) is 0 Å². The van der Waals surface area contributed by atoms with Crippen LogP contribution in [0.25, 0.3) is 0 Å². The van der Waals surface area contributed by atoms with E-state index in [2.05, 4.69) is 67.0 Å². The van der Waals surface area contributed by atoms with E-state index in [9.17, 15) is 0 Å². The van der Waals surface area contributed by atoms with Crippen LogP contribution in [-0.2, 0) is 11.9 Å². The van der Waals surface area contributed by atoms with Gasteiger partial charge in [0.15, 0.2) is 0 Å². The summed E-state index contributed by atoms with van der Waals surface area (Å²) in [7, 11) is 2.09. The summed E-state index contributed by atoms with van der Waals surface area (Å²) < 4.78 is 1.12. The van der Waals surface area contributed by atoms with Gasteiger partial charge in [-0.15, -0.1) is 0 Å². The molecular weight excluding hydrogens is 356 g/mol. The molecule has 0 aliphatic carbocycles. The van der Waals surface area contributed by atoms with Crippen molar-refractivity contribution >= 4 is 37.5 Å². The first kappa shape index (κ1) is 13.6. The predicted molar refractivity (Wildman–Crippen MR) is 83.1 cm³/mol. The second-order valence-electron chi connectivity index (χ2n) is 4.13. The maximum Gasteiger partial charge on any atom is 0.0511 e. The number of benzene rings is 1. The zero-order valence-corrected chi connectivity index (χ0v) is 13.3. The van der Waals surface area contributed by atoms with Crippen LogP contribution in [0, 0.1) is 0 Å². The normalized spacial score (nSPS) is 10.4. The average Bonchev–Trinajstić information content (AvgIpc) is 2.39. The zero-order valence-electron chi connectivity index (χ0n) is 10.1. The van der Waals surface area contributed by atoms with Crippen molar-refractivity contribution in [2.24, 2.45) is 0 Å². The first-order chi connectivity index (χ1) is 8.70. The van der Waals surface area contributed by atoms with E-state index in [0.29, 0.717) is 0 Å². The number of hydrogen-bond acceptors (Lipinski definition) is 2. The minimum absolute atomic E-state index is 0.870. The molecule has 18 heavy (non-hydrogen) atoms. The molecule has 4 heteroatoms. The van der Waals surface area contributed by atoms with Gasteiger partial charge in [0.25, 0.3) is 0 Å². The largest absolute Gasteiger partial charge is 0.369 e. The second kappa shape index (κ2) is 6.34. The van der Waals surface area contributed by atoms with Gasteiger partial charge in [0.2, 0.25) is 0 Å². The third-order valence-electron chi connectivity index (χ3n) is 2.75. The lowest BCUT2D eigenvalue weighted by Crippen LogP contribution is -2.16. The summed E-state index contributed by atoms with van der Waals surface area (Å²) in [4.78, 5) is 6.25. The van der Waals surface area contributed by atoms with Crippen molar-refractivity contribution < 1.29 is 0 Å². The van der Waals surface area contributed by atoms with Crippen LogP contribution in [0.5, 0.6) is 0 Å². The molecule has 2 nitrogen and oxygen atoms in total. The molecule has 0 bridgehead atoms. The Morgan fingerprint density at radius 1 is 1.11 bits per heavy atom. The molecule has 0 unspecified atom stereocenters. The van der Waals surface area contributed by atoms with Gasteiger partial charge in [-0.3, -0.25) is 4.98 Å². The summed E-state index contributed by atoms with van der Waals surface area (Å²) in [6.45, 7) is 0.870. The van der Waals surface area contributed by atoms with Crippen molar-refractivity contribution in [1.82, 2.24) is 4.98 Å². The molecule has 0 N–H and O–H groups in total. The number of alkyl halides is 1. The summed E-state index contributed by atoms with van der Waals surface area (Å²) in [5.74, 6) is 0. The number of aromatic nitrogens is 1. The van der Waals surface area contributed by atoms with Crippen molar-refractivity contribution in [2.45, 2.75) is 11.9 Å². The van der Waals surface area contributed by atoms with Crippen LogP contribution in [-0.4, -0.2) is 12.0 Å². The molecule has 94 valence electrons. The van der Waals surface area contributed by atoms with Gasteiger partial charge in [-0.25, -0.2) is 0 Å². The lowest BCUT2D eigenvalue weighted by Gasteiger charge is -2.21. The highest BCUT2D eigenvalue weighted by Gasteiger charge is 2.07. The van der Waals surface area contributed by atoms with E-state index in [1.165, 1.54) is 16.8 Å². The van der Waals surface area contributed by atoms with Crippen LogP contribution in [0.3, 0.4) is 0 Å². The fourth-order valence-corrected chi connectivity index (χ4v) is 2.87. The molecule has 2 rings (SSSR count). The van der Waals surface area contributed by atoms with Crippen LogP contribution in [0.1, 0.15) is 11.1 Å². The summed E-state index contributed by atoms with van der Waals surface area (Å²) >= 11 is 7.09. The quantitative estimate of drug-likeness (QED) is 0.743. The van der Waals surface area contributed by atoms with E-state index >= 15 is 0 Å². The first-order valence-corrected chi connectivity index (χ1v) is 7.56. The summed E-state index contributed by atoms with van der Waals surface area (Å²) in [5, 5.41) is 0.875. The highest BCUT2D eigenvalue weighted by Crippen LogP contribution is 2.28. The van der Waals surface area contributed by atoms with Gasteiger partial charge < -0.3 is 4.90 Å². The van der Waals surface area contributed by atoms with Gasteiger partial charge in [0.1, 0.15) is 0 Å². The lowest BCUT2D eigenvalue weighted by molar-refractivity contribution is 0.916. The summed E-state index contributed by atoms with van der Waals surface area (Å²) in [6.07, 6.45) is 3.65. The Morgan fingerprint density at radius 2 is 1.83 bits per heavy atom.